The van der Waals surface area contributed by atoms with Crippen LogP contribution in [-0.2, 0) is 11.4 Å². The van der Waals surface area contributed by atoms with E-state index in [0.29, 0.717) is 29.2 Å². The molecule has 1 aromatic heterocycles. The number of rotatable bonds is 8. The second-order valence-corrected chi connectivity index (χ2v) is 9.77. The van der Waals surface area contributed by atoms with Gasteiger partial charge < -0.3 is 9.47 Å². The molecule has 1 saturated carbocycles. The van der Waals surface area contributed by atoms with Crippen molar-refractivity contribution in [3.8, 4) is 11.5 Å². The Morgan fingerprint density at radius 2 is 1.97 bits per heavy atom. The molecule has 3 aromatic rings. The monoisotopic (exact) mass is 527 g/mol. The zero-order valence-electron chi connectivity index (χ0n) is 18.4. The van der Waals surface area contributed by atoms with Gasteiger partial charge in [0.05, 0.1) is 11.6 Å². The number of benzene rings is 2. The van der Waals surface area contributed by atoms with Gasteiger partial charge in [-0.1, -0.05) is 60.9 Å². The van der Waals surface area contributed by atoms with Crippen molar-refractivity contribution in [3.63, 3.8) is 0 Å². The molecular formula is C25H26BrN3O3S. The highest BCUT2D eigenvalue weighted by Crippen LogP contribution is 2.38. The first-order valence-electron chi connectivity index (χ1n) is 11.0. The van der Waals surface area contributed by atoms with Crippen LogP contribution in [0.25, 0.3) is 6.08 Å². The molecule has 0 saturated heterocycles. The molecule has 2 aromatic carbocycles. The third kappa shape index (κ3) is 6.42. The van der Waals surface area contributed by atoms with Crippen LogP contribution >= 0.6 is 27.3 Å². The Bertz CT molecular complexity index is 1110. The molecule has 6 nitrogen and oxygen atoms in total. The number of hydrogen-bond acceptors (Lipinski definition) is 6. The zero-order valence-corrected chi connectivity index (χ0v) is 20.8. The van der Waals surface area contributed by atoms with E-state index in [0.717, 1.165) is 33.4 Å². The molecule has 8 heteroatoms. The van der Waals surface area contributed by atoms with Crippen molar-refractivity contribution in [2.75, 3.05) is 12.4 Å². The standard InChI is InChI=1S/C25H26BrN3O3S/c1-31-21-15-18(14-20(26)23(21)32-16-17-8-4-2-5-9-17)12-13-22(30)27-25-29-28-24(33-25)19-10-6-3-7-11-19/h2,4-5,8-9,12-15,19H,3,6-7,10-11,16H2,1H3,(H,27,29,30)/b13-12+. The molecule has 0 atom stereocenters. The van der Waals surface area contributed by atoms with Crippen LogP contribution in [-0.4, -0.2) is 23.2 Å². The zero-order chi connectivity index (χ0) is 23.0. The fraction of sp³-hybridized carbons (Fsp3) is 0.320. The summed E-state index contributed by atoms with van der Waals surface area (Å²) in [4.78, 5) is 12.4. The lowest BCUT2D eigenvalue weighted by Crippen LogP contribution is -2.07. The lowest BCUT2D eigenvalue weighted by Gasteiger charge is -2.18. The van der Waals surface area contributed by atoms with Gasteiger partial charge in [0.1, 0.15) is 11.6 Å². The van der Waals surface area contributed by atoms with Gasteiger partial charge in [0.15, 0.2) is 11.5 Å². The average Bonchev–Trinajstić information content (AvgIpc) is 3.31. The maximum Gasteiger partial charge on any atom is 0.250 e. The second-order valence-electron chi connectivity index (χ2n) is 7.91. The Kier molecular flexibility index (Phi) is 8.12. The van der Waals surface area contributed by atoms with E-state index in [1.165, 1.54) is 36.7 Å². The van der Waals surface area contributed by atoms with E-state index < -0.39 is 0 Å². The number of nitrogens with one attached hydrogen (secondary N) is 1. The first-order chi connectivity index (χ1) is 16.1. The molecule has 172 valence electrons. The van der Waals surface area contributed by atoms with Crippen molar-refractivity contribution < 1.29 is 14.3 Å². The molecule has 1 aliphatic rings. The summed E-state index contributed by atoms with van der Waals surface area (Å²) in [5, 5.41) is 12.8. The van der Waals surface area contributed by atoms with Gasteiger partial charge >= 0.3 is 0 Å². The third-order valence-corrected chi connectivity index (χ3v) is 7.12. The van der Waals surface area contributed by atoms with E-state index >= 15 is 0 Å². The number of nitrogens with zero attached hydrogens (tertiary/aromatic N) is 2. The van der Waals surface area contributed by atoms with Crippen LogP contribution < -0.4 is 14.8 Å². The maximum absolute atomic E-state index is 12.4. The van der Waals surface area contributed by atoms with Crippen LogP contribution in [0.3, 0.4) is 0 Å². The first-order valence-corrected chi connectivity index (χ1v) is 12.6. The molecular weight excluding hydrogens is 502 g/mol. The smallest absolute Gasteiger partial charge is 0.250 e. The normalized spacial score (nSPS) is 14.4. The number of halogens is 1. The summed E-state index contributed by atoms with van der Waals surface area (Å²) in [5.41, 5.74) is 1.87. The van der Waals surface area contributed by atoms with Crippen LogP contribution in [0.1, 0.15) is 54.2 Å². The number of methoxy groups -OCH3 is 1. The lowest BCUT2D eigenvalue weighted by atomic mass is 9.90. The number of carbonyl (C=O) groups is 1. The molecule has 0 bridgehead atoms. The number of aromatic nitrogens is 2. The Balaban J connectivity index is 1.38. The third-order valence-electron chi connectivity index (χ3n) is 5.53. The molecule has 1 heterocycles. The van der Waals surface area contributed by atoms with E-state index in [1.54, 1.807) is 13.2 Å². The minimum Gasteiger partial charge on any atom is -0.493 e. The van der Waals surface area contributed by atoms with E-state index in [9.17, 15) is 4.79 Å². The van der Waals surface area contributed by atoms with Crippen LogP contribution in [0, 0.1) is 0 Å². The summed E-state index contributed by atoms with van der Waals surface area (Å²) < 4.78 is 12.2. The van der Waals surface area contributed by atoms with Gasteiger partial charge in [-0.3, -0.25) is 10.1 Å². The number of hydrogen-bond donors (Lipinski definition) is 1. The molecule has 33 heavy (non-hydrogen) atoms. The van der Waals surface area contributed by atoms with Crippen molar-refractivity contribution in [3.05, 3.63) is 69.1 Å². The predicted octanol–water partition coefficient (Wildman–Crippen LogP) is 6.59. The first kappa shape index (κ1) is 23.4. The number of carbonyl (C=O) groups excluding carboxylic acids is 1. The summed E-state index contributed by atoms with van der Waals surface area (Å²) in [6, 6.07) is 13.7. The van der Waals surface area contributed by atoms with Gasteiger partial charge in [0, 0.05) is 12.0 Å². The molecule has 0 unspecified atom stereocenters. The van der Waals surface area contributed by atoms with Crippen molar-refractivity contribution in [2.45, 2.75) is 44.6 Å². The van der Waals surface area contributed by atoms with Gasteiger partial charge in [-0.25, -0.2) is 0 Å². The van der Waals surface area contributed by atoms with E-state index in [4.69, 9.17) is 9.47 Å². The highest BCUT2D eigenvalue weighted by atomic mass is 79.9. The van der Waals surface area contributed by atoms with E-state index in [2.05, 4.69) is 31.4 Å². The number of anilines is 1. The Morgan fingerprint density at radius 3 is 2.73 bits per heavy atom. The molecule has 0 radical (unpaired) electrons. The number of amides is 1. The Hall–Kier alpha value is -2.71. The summed E-state index contributed by atoms with van der Waals surface area (Å²) in [7, 11) is 1.59. The summed E-state index contributed by atoms with van der Waals surface area (Å²) in [6.07, 6.45) is 9.30. The number of ether oxygens (including phenoxy) is 2. The van der Waals surface area contributed by atoms with Gasteiger partial charge in [-0.2, -0.15) is 0 Å². The molecule has 0 aliphatic heterocycles. The topological polar surface area (TPSA) is 73.3 Å². The van der Waals surface area contributed by atoms with Gasteiger partial charge in [0.25, 0.3) is 0 Å². The fourth-order valence-corrected chi connectivity index (χ4v) is 5.31. The van der Waals surface area contributed by atoms with Crippen LogP contribution in [0.5, 0.6) is 11.5 Å². The van der Waals surface area contributed by atoms with Crippen molar-refractivity contribution in [2.24, 2.45) is 0 Å². The summed E-state index contributed by atoms with van der Waals surface area (Å²) >= 11 is 5.03. The highest BCUT2D eigenvalue weighted by molar-refractivity contribution is 9.10. The predicted molar refractivity (Wildman–Crippen MR) is 135 cm³/mol. The van der Waals surface area contributed by atoms with Crippen molar-refractivity contribution in [1.29, 1.82) is 0 Å². The Morgan fingerprint density at radius 1 is 1.18 bits per heavy atom. The fourth-order valence-electron chi connectivity index (χ4n) is 3.82. The largest absolute Gasteiger partial charge is 0.493 e. The molecule has 1 amide bonds. The molecule has 1 fully saturated rings. The summed E-state index contributed by atoms with van der Waals surface area (Å²) in [6.45, 7) is 0.429. The van der Waals surface area contributed by atoms with Crippen LogP contribution in [0.4, 0.5) is 5.13 Å². The van der Waals surface area contributed by atoms with E-state index in [1.807, 2.05) is 42.5 Å². The minimum atomic E-state index is -0.249. The molecule has 4 rings (SSSR count). The van der Waals surface area contributed by atoms with Crippen LogP contribution in [0.15, 0.2) is 53.0 Å². The van der Waals surface area contributed by atoms with Crippen LogP contribution in [0.2, 0.25) is 0 Å². The molecule has 1 N–H and O–H groups in total. The van der Waals surface area contributed by atoms with Crippen molar-refractivity contribution >= 4 is 44.4 Å². The average molecular weight is 528 g/mol. The maximum atomic E-state index is 12.4. The van der Waals surface area contributed by atoms with Gasteiger partial charge in [0.2, 0.25) is 11.0 Å². The van der Waals surface area contributed by atoms with Gasteiger partial charge in [-0.15, -0.1) is 10.2 Å². The lowest BCUT2D eigenvalue weighted by molar-refractivity contribution is -0.111. The van der Waals surface area contributed by atoms with Crippen molar-refractivity contribution in [1.82, 2.24) is 10.2 Å². The highest BCUT2D eigenvalue weighted by Gasteiger charge is 2.20. The Labute approximate surface area is 206 Å². The second kappa shape index (κ2) is 11.4. The molecule has 1 aliphatic carbocycles. The minimum absolute atomic E-state index is 0.249. The summed E-state index contributed by atoms with van der Waals surface area (Å²) in [5.74, 6) is 1.43. The quantitative estimate of drug-likeness (QED) is 0.334. The molecule has 0 spiro atoms. The van der Waals surface area contributed by atoms with Gasteiger partial charge in [-0.05, 0) is 58.1 Å². The SMILES string of the molecule is COc1cc(/C=C/C(=O)Nc2nnc(C3CCCCC3)s2)cc(Br)c1OCc1ccccc1. The van der Waals surface area contributed by atoms with E-state index in [-0.39, 0.29) is 5.91 Å².